The van der Waals surface area contributed by atoms with Gasteiger partial charge in [-0.2, -0.15) is 0 Å². The number of hydrogen-bond acceptors (Lipinski definition) is 5. The number of carbonyl (C=O) groups excluding carboxylic acids is 1. The third-order valence-corrected chi connectivity index (χ3v) is 2.95. The first-order valence-electron chi connectivity index (χ1n) is 6.53. The second-order valence-electron chi connectivity index (χ2n) is 4.65. The van der Waals surface area contributed by atoms with E-state index in [4.69, 9.17) is 14.9 Å². The lowest BCUT2D eigenvalue weighted by Gasteiger charge is -2.11. The Bertz CT molecular complexity index is 632. The van der Waals surface area contributed by atoms with E-state index in [1.807, 2.05) is 26.8 Å². The van der Waals surface area contributed by atoms with Gasteiger partial charge in [0.25, 0.3) is 0 Å². The molecule has 20 heavy (non-hydrogen) atoms. The third-order valence-electron chi connectivity index (χ3n) is 2.95. The molecule has 5 heteroatoms. The number of nitrogens with two attached hydrogens (primary N) is 1. The van der Waals surface area contributed by atoms with Gasteiger partial charge in [-0.1, -0.05) is 13.0 Å². The molecule has 0 radical (unpaired) electrons. The number of anilines is 1. The van der Waals surface area contributed by atoms with Crippen LogP contribution < -0.4 is 5.73 Å². The highest BCUT2D eigenvalue weighted by atomic mass is 16.5. The first-order chi connectivity index (χ1) is 9.54. The molecule has 2 aromatic rings. The van der Waals surface area contributed by atoms with E-state index >= 15 is 0 Å². The van der Waals surface area contributed by atoms with Crippen LogP contribution in [0, 0.1) is 13.8 Å². The van der Waals surface area contributed by atoms with Gasteiger partial charge >= 0.3 is 5.97 Å². The first kappa shape index (κ1) is 14.1. The smallest absolute Gasteiger partial charge is 0.341 e. The fourth-order valence-corrected chi connectivity index (χ4v) is 1.87. The van der Waals surface area contributed by atoms with E-state index in [0.29, 0.717) is 29.3 Å². The Morgan fingerprint density at radius 2 is 2.15 bits per heavy atom. The summed E-state index contributed by atoms with van der Waals surface area (Å²) in [6, 6.07) is 3.61. The summed E-state index contributed by atoms with van der Waals surface area (Å²) in [4.78, 5) is 16.5. The molecule has 0 aliphatic heterocycles. The topological polar surface area (TPSA) is 78.3 Å². The van der Waals surface area contributed by atoms with Crippen molar-refractivity contribution in [3.05, 3.63) is 35.2 Å². The Balaban J connectivity index is 2.52. The summed E-state index contributed by atoms with van der Waals surface area (Å²) in [6.07, 6.45) is 2.29. The Morgan fingerprint density at radius 3 is 2.75 bits per heavy atom. The summed E-state index contributed by atoms with van der Waals surface area (Å²) < 4.78 is 10.6. The summed E-state index contributed by atoms with van der Waals surface area (Å²) in [5.41, 5.74) is 8.87. The van der Waals surface area contributed by atoms with Gasteiger partial charge in [0.1, 0.15) is 6.26 Å². The molecular weight excluding hydrogens is 256 g/mol. The zero-order chi connectivity index (χ0) is 14.7. The van der Waals surface area contributed by atoms with Crippen molar-refractivity contribution in [1.82, 2.24) is 4.98 Å². The maximum atomic E-state index is 12.2. The highest BCUT2D eigenvalue weighted by molar-refractivity contribution is 6.02. The van der Waals surface area contributed by atoms with Crippen molar-refractivity contribution >= 4 is 11.7 Å². The van der Waals surface area contributed by atoms with Gasteiger partial charge in [-0.15, -0.1) is 0 Å². The maximum absolute atomic E-state index is 12.2. The van der Waals surface area contributed by atoms with Gasteiger partial charge in [0.05, 0.1) is 23.4 Å². The number of aromatic nitrogens is 1. The molecule has 0 saturated carbocycles. The minimum atomic E-state index is -0.445. The van der Waals surface area contributed by atoms with Crippen LogP contribution in [0.2, 0.25) is 0 Å². The molecule has 106 valence electrons. The van der Waals surface area contributed by atoms with Crippen molar-refractivity contribution in [2.75, 3.05) is 12.3 Å². The molecule has 0 aliphatic carbocycles. The van der Waals surface area contributed by atoms with Crippen molar-refractivity contribution in [2.45, 2.75) is 27.2 Å². The minimum absolute atomic E-state index is 0.320. The van der Waals surface area contributed by atoms with Crippen molar-refractivity contribution in [1.29, 1.82) is 0 Å². The van der Waals surface area contributed by atoms with Crippen LogP contribution in [0.3, 0.4) is 0 Å². The third kappa shape index (κ3) is 2.66. The van der Waals surface area contributed by atoms with Crippen LogP contribution in [0.1, 0.15) is 35.0 Å². The zero-order valence-electron chi connectivity index (χ0n) is 11.9. The first-order valence-corrected chi connectivity index (χ1v) is 6.53. The molecule has 2 rings (SSSR count). The molecule has 1 heterocycles. The molecule has 0 atom stereocenters. The van der Waals surface area contributed by atoms with Gasteiger partial charge in [-0.25, -0.2) is 9.78 Å². The number of carbonyl (C=O) groups is 1. The van der Waals surface area contributed by atoms with Crippen LogP contribution in [-0.2, 0) is 4.74 Å². The van der Waals surface area contributed by atoms with E-state index in [2.05, 4.69) is 4.98 Å². The highest BCUT2D eigenvalue weighted by Gasteiger charge is 2.21. The average Bonchev–Trinajstić information content (AvgIpc) is 2.85. The van der Waals surface area contributed by atoms with E-state index in [0.717, 1.165) is 17.7 Å². The van der Waals surface area contributed by atoms with E-state index in [1.165, 1.54) is 6.26 Å². The van der Waals surface area contributed by atoms with Crippen LogP contribution in [0.5, 0.6) is 0 Å². The second-order valence-corrected chi connectivity index (χ2v) is 4.65. The molecule has 1 aromatic heterocycles. The fraction of sp³-hybridized carbons (Fsp3) is 0.333. The molecule has 1 aromatic carbocycles. The second kappa shape index (κ2) is 5.77. The summed E-state index contributed by atoms with van der Waals surface area (Å²) in [5, 5.41) is 0. The summed E-state index contributed by atoms with van der Waals surface area (Å²) in [5.74, 6) is -0.0726. The summed E-state index contributed by atoms with van der Waals surface area (Å²) >= 11 is 0. The highest BCUT2D eigenvalue weighted by Crippen LogP contribution is 2.30. The van der Waals surface area contributed by atoms with Crippen LogP contribution >= 0.6 is 0 Å². The quantitative estimate of drug-likeness (QED) is 0.684. The SMILES string of the molecule is CCCOC(=O)c1c(-c2nc(C)co2)ccc(C)c1N. The number of oxazole rings is 1. The zero-order valence-corrected chi connectivity index (χ0v) is 11.9. The molecule has 0 unspecified atom stereocenters. The number of benzene rings is 1. The standard InChI is InChI=1S/C15H18N2O3/c1-4-7-19-15(18)12-11(6-5-9(2)13(12)16)14-17-10(3)8-20-14/h5-6,8H,4,7,16H2,1-3H3. The van der Waals surface area contributed by atoms with Gasteiger partial charge in [0.15, 0.2) is 0 Å². The maximum Gasteiger partial charge on any atom is 0.341 e. The Hall–Kier alpha value is -2.30. The Kier molecular flexibility index (Phi) is 4.08. The van der Waals surface area contributed by atoms with Crippen LogP contribution in [0.25, 0.3) is 11.5 Å². The Labute approximate surface area is 117 Å². The number of esters is 1. The number of ether oxygens (including phenoxy) is 1. The number of rotatable bonds is 4. The number of nitrogen functional groups attached to an aromatic ring is 1. The van der Waals surface area contributed by atoms with Gasteiger partial charge in [0, 0.05) is 5.69 Å². The van der Waals surface area contributed by atoms with E-state index in [-0.39, 0.29) is 0 Å². The summed E-state index contributed by atoms with van der Waals surface area (Å²) in [6.45, 7) is 5.96. The molecule has 0 spiro atoms. The van der Waals surface area contributed by atoms with Gasteiger partial charge in [-0.3, -0.25) is 0 Å². The van der Waals surface area contributed by atoms with Crippen molar-refractivity contribution < 1.29 is 13.9 Å². The number of nitrogens with zero attached hydrogens (tertiary/aromatic N) is 1. The molecule has 0 fully saturated rings. The number of aryl methyl sites for hydroxylation is 2. The van der Waals surface area contributed by atoms with Crippen LogP contribution in [0.15, 0.2) is 22.8 Å². The lowest BCUT2D eigenvalue weighted by atomic mass is 10.0. The van der Waals surface area contributed by atoms with Crippen LogP contribution in [-0.4, -0.2) is 17.6 Å². The van der Waals surface area contributed by atoms with E-state index in [1.54, 1.807) is 6.07 Å². The minimum Gasteiger partial charge on any atom is -0.462 e. The normalized spacial score (nSPS) is 10.6. The molecule has 0 bridgehead atoms. The van der Waals surface area contributed by atoms with Gasteiger partial charge in [0.2, 0.25) is 5.89 Å². The number of hydrogen-bond donors (Lipinski definition) is 1. The van der Waals surface area contributed by atoms with Crippen molar-refractivity contribution in [3.63, 3.8) is 0 Å². The van der Waals surface area contributed by atoms with E-state index in [9.17, 15) is 4.79 Å². The molecule has 0 saturated heterocycles. The largest absolute Gasteiger partial charge is 0.462 e. The van der Waals surface area contributed by atoms with Gasteiger partial charge < -0.3 is 14.9 Å². The predicted molar refractivity (Wildman–Crippen MR) is 76.4 cm³/mol. The molecule has 5 nitrogen and oxygen atoms in total. The lowest BCUT2D eigenvalue weighted by molar-refractivity contribution is 0.0507. The molecule has 0 amide bonds. The van der Waals surface area contributed by atoms with Crippen LogP contribution in [0.4, 0.5) is 5.69 Å². The fourth-order valence-electron chi connectivity index (χ4n) is 1.87. The summed E-state index contributed by atoms with van der Waals surface area (Å²) in [7, 11) is 0. The van der Waals surface area contributed by atoms with Crippen molar-refractivity contribution in [3.8, 4) is 11.5 Å². The van der Waals surface area contributed by atoms with Gasteiger partial charge in [-0.05, 0) is 31.9 Å². The molecule has 0 aliphatic rings. The lowest BCUT2D eigenvalue weighted by Crippen LogP contribution is -2.11. The molecular formula is C15H18N2O3. The Morgan fingerprint density at radius 1 is 1.40 bits per heavy atom. The van der Waals surface area contributed by atoms with Crippen molar-refractivity contribution in [2.24, 2.45) is 0 Å². The van der Waals surface area contributed by atoms with E-state index < -0.39 is 5.97 Å². The predicted octanol–water partition coefficient (Wildman–Crippen LogP) is 3.11. The molecule has 2 N–H and O–H groups in total. The average molecular weight is 274 g/mol. The monoisotopic (exact) mass is 274 g/mol.